The first-order valence-electron chi connectivity index (χ1n) is 8.35. The highest BCUT2D eigenvalue weighted by molar-refractivity contribution is 6.01. The normalized spacial score (nSPS) is 11.5. The van der Waals surface area contributed by atoms with E-state index in [4.69, 9.17) is 0 Å². The van der Waals surface area contributed by atoms with Crippen molar-refractivity contribution in [1.29, 1.82) is 0 Å². The van der Waals surface area contributed by atoms with E-state index in [9.17, 15) is 19.7 Å². The van der Waals surface area contributed by atoms with Crippen LogP contribution in [0.4, 0.5) is 11.4 Å². The Morgan fingerprint density at radius 1 is 1.15 bits per heavy atom. The second-order valence-electron chi connectivity index (χ2n) is 5.84. The summed E-state index contributed by atoms with van der Waals surface area (Å²) in [5.74, 6) is -0.727. The topological polar surface area (TPSA) is 92.6 Å². The Hall–Kier alpha value is -3.22. The highest BCUT2D eigenvalue weighted by atomic mass is 16.6. The van der Waals surface area contributed by atoms with Gasteiger partial charge in [-0.2, -0.15) is 0 Å². The van der Waals surface area contributed by atoms with E-state index < -0.39 is 16.9 Å². The summed E-state index contributed by atoms with van der Waals surface area (Å²) in [7, 11) is 0. The van der Waals surface area contributed by atoms with Crippen LogP contribution in [0.1, 0.15) is 30.6 Å². The standard InChI is InChI=1S/C19H21N3O4/c1-3-12-21(14(2)18(23)20-16-9-5-4-6-10-16)19(24)15-8-7-11-17(13-15)22(25)26/h4-11,13-14H,3,12H2,1-2H3,(H,20,23). The molecule has 0 saturated heterocycles. The highest BCUT2D eigenvalue weighted by Gasteiger charge is 2.27. The van der Waals surface area contributed by atoms with Crippen molar-refractivity contribution in [2.75, 3.05) is 11.9 Å². The zero-order valence-corrected chi connectivity index (χ0v) is 14.7. The number of para-hydroxylation sites is 1. The van der Waals surface area contributed by atoms with Crippen molar-refractivity contribution in [2.45, 2.75) is 26.3 Å². The molecule has 136 valence electrons. The minimum Gasteiger partial charge on any atom is -0.327 e. The van der Waals surface area contributed by atoms with E-state index in [1.807, 2.05) is 13.0 Å². The Morgan fingerprint density at radius 3 is 2.46 bits per heavy atom. The molecule has 1 N–H and O–H groups in total. The Labute approximate surface area is 151 Å². The van der Waals surface area contributed by atoms with E-state index >= 15 is 0 Å². The lowest BCUT2D eigenvalue weighted by molar-refractivity contribution is -0.384. The van der Waals surface area contributed by atoms with Crippen LogP contribution in [0.15, 0.2) is 54.6 Å². The number of hydrogen-bond acceptors (Lipinski definition) is 4. The summed E-state index contributed by atoms with van der Waals surface area (Å²) < 4.78 is 0. The number of rotatable bonds is 7. The fourth-order valence-corrected chi connectivity index (χ4v) is 2.54. The Morgan fingerprint density at radius 2 is 1.85 bits per heavy atom. The summed E-state index contributed by atoms with van der Waals surface area (Å²) >= 11 is 0. The van der Waals surface area contributed by atoms with Gasteiger partial charge in [0.1, 0.15) is 6.04 Å². The van der Waals surface area contributed by atoms with Crippen LogP contribution in [0.25, 0.3) is 0 Å². The molecule has 0 aliphatic heterocycles. The van der Waals surface area contributed by atoms with E-state index in [1.54, 1.807) is 31.2 Å². The number of amides is 2. The molecule has 26 heavy (non-hydrogen) atoms. The first kappa shape index (κ1) is 19.1. The van der Waals surface area contributed by atoms with Crippen molar-refractivity contribution in [3.63, 3.8) is 0 Å². The third kappa shape index (κ3) is 4.66. The maximum absolute atomic E-state index is 12.8. The van der Waals surface area contributed by atoms with Crippen molar-refractivity contribution < 1.29 is 14.5 Å². The second-order valence-corrected chi connectivity index (χ2v) is 5.84. The lowest BCUT2D eigenvalue weighted by Gasteiger charge is -2.28. The molecule has 1 unspecified atom stereocenters. The minimum absolute atomic E-state index is 0.159. The van der Waals surface area contributed by atoms with Crippen LogP contribution < -0.4 is 5.32 Å². The molecule has 2 aromatic carbocycles. The number of non-ortho nitro benzene ring substituents is 1. The number of benzene rings is 2. The fourth-order valence-electron chi connectivity index (χ4n) is 2.54. The van der Waals surface area contributed by atoms with Gasteiger partial charge in [-0.3, -0.25) is 19.7 Å². The van der Waals surface area contributed by atoms with Crippen molar-refractivity contribution >= 4 is 23.2 Å². The van der Waals surface area contributed by atoms with Crippen molar-refractivity contribution in [1.82, 2.24) is 4.90 Å². The molecule has 2 amide bonds. The van der Waals surface area contributed by atoms with Gasteiger partial charge in [0.05, 0.1) is 4.92 Å². The van der Waals surface area contributed by atoms with Crippen LogP contribution in [0.2, 0.25) is 0 Å². The maximum atomic E-state index is 12.8. The largest absolute Gasteiger partial charge is 0.327 e. The summed E-state index contributed by atoms with van der Waals surface area (Å²) in [6, 6.07) is 13.8. The van der Waals surface area contributed by atoms with Crippen LogP contribution in [-0.4, -0.2) is 34.2 Å². The van der Waals surface area contributed by atoms with Crippen molar-refractivity contribution in [3.05, 3.63) is 70.3 Å². The van der Waals surface area contributed by atoms with Crippen molar-refractivity contribution in [2.24, 2.45) is 0 Å². The third-order valence-corrected chi connectivity index (χ3v) is 3.92. The van der Waals surface area contributed by atoms with Crippen LogP contribution >= 0.6 is 0 Å². The molecule has 0 aliphatic carbocycles. The molecule has 0 bridgehead atoms. The molecule has 7 nitrogen and oxygen atoms in total. The molecule has 0 saturated carbocycles. The molecule has 0 aromatic heterocycles. The third-order valence-electron chi connectivity index (χ3n) is 3.92. The number of hydrogen-bond donors (Lipinski definition) is 1. The average Bonchev–Trinajstić information content (AvgIpc) is 2.66. The quantitative estimate of drug-likeness (QED) is 0.608. The molecule has 0 spiro atoms. The molecular weight excluding hydrogens is 334 g/mol. The number of anilines is 1. The van der Waals surface area contributed by atoms with Crippen LogP contribution in [0.3, 0.4) is 0 Å². The lowest BCUT2D eigenvalue weighted by Crippen LogP contribution is -2.46. The maximum Gasteiger partial charge on any atom is 0.270 e. The van der Waals surface area contributed by atoms with E-state index in [-0.39, 0.29) is 17.2 Å². The highest BCUT2D eigenvalue weighted by Crippen LogP contribution is 2.17. The molecule has 7 heteroatoms. The average molecular weight is 355 g/mol. The SMILES string of the molecule is CCCN(C(=O)c1cccc([N+](=O)[O-])c1)C(C)C(=O)Nc1ccccc1. The van der Waals surface area contributed by atoms with Gasteiger partial charge in [0.15, 0.2) is 0 Å². The predicted octanol–water partition coefficient (Wildman–Crippen LogP) is 3.47. The zero-order valence-electron chi connectivity index (χ0n) is 14.7. The van der Waals surface area contributed by atoms with Crippen molar-refractivity contribution in [3.8, 4) is 0 Å². The smallest absolute Gasteiger partial charge is 0.270 e. The van der Waals surface area contributed by atoms with Gasteiger partial charge >= 0.3 is 0 Å². The molecule has 0 fully saturated rings. The first-order chi connectivity index (χ1) is 12.4. The summed E-state index contributed by atoms with van der Waals surface area (Å²) in [4.78, 5) is 37.2. The first-order valence-corrected chi connectivity index (χ1v) is 8.35. The number of nitrogens with one attached hydrogen (secondary N) is 1. The second kappa shape index (κ2) is 8.75. The number of carbonyl (C=O) groups excluding carboxylic acids is 2. The predicted molar refractivity (Wildman–Crippen MR) is 99.0 cm³/mol. The molecule has 2 aromatic rings. The lowest BCUT2D eigenvalue weighted by atomic mass is 10.1. The van der Waals surface area contributed by atoms with Gasteiger partial charge in [-0.1, -0.05) is 31.2 Å². The Balaban J connectivity index is 2.20. The summed E-state index contributed by atoms with van der Waals surface area (Å²) in [5, 5.41) is 13.7. The van der Waals surface area contributed by atoms with Gasteiger partial charge in [-0.05, 0) is 31.5 Å². The fraction of sp³-hybridized carbons (Fsp3) is 0.263. The van der Waals surface area contributed by atoms with Gasteiger partial charge in [0.25, 0.3) is 11.6 Å². The van der Waals surface area contributed by atoms with Gasteiger partial charge < -0.3 is 10.2 Å². The molecule has 1 atom stereocenters. The Kier molecular flexibility index (Phi) is 6.43. The van der Waals surface area contributed by atoms with E-state index in [1.165, 1.54) is 29.2 Å². The number of nitro groups is 1. The van der Waals surface area contributed by atoms with E-state index in [0.29, 0.717) is 18.7 Å². The van der Waals surface area contributed by atoms with Crippen LogP contribution in [0, 0.1) is 10.1 Å². The Bertz CT molecular complexity index is 792. The van der Waals surface area contributed by atoms with Gasteiger partial charge in [0.2, 0.25) is 5.91 Å². The molecule has 2 rings (SSSR count). The molecule has 0 aliphatic rings. The summed E-state index contributed by atoms with van der Waals surface area (Å²) in [5.41, 5.74) is 0.671. The van der Waals surface area contributed by atoms with Gasteiger partial charge in [-0.25, -0.2) is 0 Å². The summed E-state index contributed by atoms with van der Waals surface area (Å²) in [6.07, 6.45) is 0.656. The van der Waals surface area contributed by atoms with Crippen LogP contribution in [0.5, 0.6) is 0 Å². The van der Waals surface area contributed by atoms with Gasteiger partial charge in [-0.15, -0.1) is 0 Å². The van der Waals surface area contributed by atoms with Gasteiger partial charge in [0, 0.05) is 29.9 Å². The number of nitrogens with zero attached hydrogens (tertiary/aromatic N) is 2. The van der Waals surface area contributed by atoms with Crippen LogP contribution in [-0.2, 0) is 4.79 Å². The van der Waals surface area contributed by atoms with E-state index in [0.717, 1.165) is 0 Å². The monoisotopic (exact) mass is 355 g/mol. The number of nitro benzene ring substituents is 1. The zero-order chi connectivity index (χ0) is 19.1. The minimum atomic E-state index is -0.720. The molecule has 0 radical (unpaired) electrons. The number of carbonyl (C=O) groups is 2. The van der Waals surface area contributed by atoms with E-state index in [2.05, 4.69) is 5.32 Å². The molecule has 0 heterocycles. The summed E-state index contributed by atoms with van der Waals surface area (Å²) in [6.45, 7) is 3.91. The molecular formula is C19H21N3O4.